The lowest BCUT2D eigenvalue weighted by atomic mass is 9.98. The standard InChI is InChI=1S/C16H22N2O2/c1-20-15-6-4-13(5-7-15)14-8-9-18(11-14)16(19)17-10-12-2-3-12/h4-7,12,14H,2-3,8-11H2,1H3,(H,17,19)/t14-/m1/s1. The van der Waals surface area contributed by atoms with Crippen LogP contribution in [0.3, 0.4) is 0 Å². The Morgan fingerprint density at radius 1 is 1.30 bits per heavy atom. The van der Waals surface area contributed by atoms with Crippen LogP contribution in [0.1, 0.15) is 30.7 Å². The third kappa shape index (κ3) is 3.06. The van der Waals surface area contributed by atoms with E-state index >= 15 is 0 Å². The number of carbonyl (C=O) groups is 1. The van der Waals surface area contributed by atoms with E-state index in [2.05, 4.69) is 17.4 Å². The molecule has 1 saturated heterocycles. The Labute approximate surface area is 120 Å². The van der Waals surface area contributed by atoms with Crippen LogP contribution >= 0.6 is 0 Å². The van der Waals surface area contributed by atoms with Crippen molar-refractivity contribution in [3.63, 3.8) is 0 Å². The number of urea groups is 1. The number of rotatable bonds is 4. The van der Waals surface area contributed by atoms with E-state index in [9.17, 15) is 4.79 Å². The maximum absolute atomic E-state index is 12.0. The van der Waals surface area contributed by atoms with E-state index in [1.807, 2.05) is 17.0 Å². The summed E-state index contributed by atoms with van der Waals surface area (Å²) in [5, 5.41) is 3.04. The third-order valence-corrected chi connectivity index (χ3v) is 4.30. The average molecular weight is 274 g/mol. The minimum absolute atomic E-state index is 0.105. The molecule has 4 heteroatoms. The van der Waals surface area contributed by atoms with Gasteiger partial charge in [0.25, 0.3) is 0 Å². The number of nitrogens with zero attached hydrogens (tertiary/aromatic N) is 1. The largest absolute Gasteiger partial charge is 0.497 e. The van der Waals surface area contributed by atoms with Crippen LogP contribution in [-0.2, 0) is 0 Å². The molecule has 2 aliphatic rings. The van der Waals surface area contributed by atoms with Crippen LogP contribution in [0, 0.1) is 5.92 Å². The molecule has 108 valence electrons. The molecule has 1 heterocycles. The Morgan fingerprint density at radius 2 is 2.05 bits per heavy atom. The quantitative estimate of drug-likeness (QED) is 0.917. The molecule has 20 heavy (non-hydrogen) atoms. The van der Waals surface area contributed by atoms with Crippen LogP contribution in [-0.4, -0.2) is 37.7 Å². The van der Waals surface area contributed by atoms with E-state index in [1.165, 1.54) is 18.4 Å². The third-order valence-electron chi connectivity index (χ3n) is 4.30. The molecule has 4 nitrogen and oxygen atoms in total. The molecule has 1 aliphatic carbocycles. The van der Waals surface area contributed by atoms with Crippen LogP contribution in [0.4, 0.5) is 4.79 Å². The maximum Gasteiger partial charge on any atom is 0.317 e. The maximum atomic E-state index is 12.0. The highest BCUT2D eigenvalue weighted by molar-refractivity contribution is 5.74. The van der Waals surface area contributed by atoms with Crippen molar-refractivity contribution in [1.29, 1.82) is 0 Å². The number of likely N-dealkylation sites (tertiary alicyclic amines) is 1. The van der Waals surface area contributed by atoms with Crippen LogP contribution in [0.25, 0.3) is 0 Å². The monoisotopic (exact) mass is 274 g/mol. The SMILES string of the molecule is COc1ccc([C@@H]2CCN(C(=O)NCC3CC3)C2)cc1. The Hall–Kier alpha value is -1.71. The van der Waals surface area contributed by atoms with Crippen LogP contribution in [0.2, 0.25) is 0 Å². The zero-order chi connectivity index (χ0) is 13.9. The van der Waals surface area contributed by atoms with Gasteiger partial charge in [-0.15, -0.1) is 0 Å². The molecule has 0 radical (unpaired) electrons. The Bertz CT molecular complexity index is 468. The second kappa shape index (κ2) is 5.73. The molecule has 1 N–H and O–H groups in total. The molecule has 1 aromatic rings. The first-order valence-corrected chi connectivity index (χ1v) is 7.43. The van der Waals surface area contributed by atoms with Gasteiger partial charge >= 0.3 is 6.03 Å². The zero-order valence-corrected chi connectivity index (χ0v) is 12.0. The molecule has 3 rings (SSSR count). The lowest BCUT2D eigenvalue weighted by Crippen LogP contribution is -2.39. The fourth-order valence-electron chi connectivity index (χ4n) is 2.76. The predicted octanol–water partition coefficient (Wildman–Crippen LogP) is 2.60. The highest BCUT2D eigenvalue weighted by Crippen LogP contribution is 2.29. The van der Waals surface area contributed by atoms with Crippen LogP contribution in [0.15, 0.2) is 24.3 Å². The number of amides is 2. The molecular formula is C16H22N2O2. The Balaban J connectivity index is 1.53. The van der Waals surface area contributed by atoms with Crippen molar-refractivity contribution in [3.05, 3.63) is 29.8 Å². The summed E-state index contributed by atoms with van der Waals surface area (Å²) < 4.78 is 5.18. The summed E-state index contributed by atoms with van der Waals surface area (Å²) in [5.74, 6) is 2.07. The Morgan fingerprint density at radius 3 is 2.70 bits per heavy atom. The van der Waals surface area contributed by atoms with Crippen molar-refractivity contribution in [3.8, 4) is 5.75 Å². The molecule has 1 atom stereocenters. The van der Waals surface area contributed by atoms with E-state index < -0.39 is 0 Å². The highest BCUT2D eigenvalue weighted by atomic mass is 16.5. The number of methoxy groups -OCH3 is 1. The molecular weight excluding hydrogens is 252 g/mol. The number of ether oxygens (including phenoxy) is 1. The van der Waals surface area contributed by atoms with Gasteiger partial charge in [0.15, 0.2) is 0 Å². The van der Waals surface area contributed by atoms with Gasteiger partial charge in [0, 0.05) is 25.6 Å². The summed E-state index contributed by atoms with van der Waals surface area (Å²) in [6, 6.07) is 8.30. The zero-order valence-electron chi connectivity index (χ0n) is 12.0. The first kappa shape index (κ1) is 13.3. The number of carbonyl (C=O) groups excluding carboxylic acids is 1. The minimum Gasteiger partial charge on any atom is -0.497 e. The number of hydrogen-bond acceptors (Lipinski definition) is 2. The van der Waals surface area contributed by atoms with Gasteiger partial charge in [0.05, 0.1) is 7.11 Å². The molecule has 1 aliphatic heterocycles. The van der Waals surface area contributed by atoms with Gasteiger partial charge in [-0.2, -0.15) is 0 Å². The first-order valence-electron chi connectivity index (χ1n) is 7.43. The van der Waals surface area contributed by atoms with E-state index in [-0.39, 0.29) is 6.03 Å². The predicted molar refractivity (Wildman–Crippen MR) is 78.0 cm³/mol. The molecule has 1 aromatic carbocycles. The minimum atomic E-state index is 0.105. The number of nitrogens with one attached hydrogen (secondary N) is 1. The first-order chi connectivity index (χ1) is 9.76. The van der Waals surface area contributed by atoms with Gasteiger partial charge in [-0.25, -0.2) is 4.79 Å². The van der Waals surface area contributed by atoms with Crippen molar-refractivity contribution >= 4 is 6.03 Å². The van der Waals surface area contributed by atoms with E-state index in [4.69, 9.17) is 4.74 Å². The van der Waals surface area contributed by atoms with Crippen LogP contribution < -0.4 is 10.1 Å². The highest BCUT2D eigenvalue weighted by Gasteiger charge is 2.28. The van der Waals surface area contributed by atoms with Crippen molar-refractivity contribution in [2.75, 3.05) is 26.7 Å². The fourth-order valence-corrected chi connectivity index (χ4v) is 2.76. The summed E-state index contributed by atoms with van der Waals surface area (Å²) in [5.41, 5.74) is 1.29. The molecule has 0 spiro atoms. The van der Waals surface area contributed by atoms with Gasteiger partial charge in [-0.3, -0.25) is 0 Å². The van der Waals surface area contributed by atoms with Crippen molar-refractivity contribution in [2.45, 2.75) is 25.2 Å². The van der Waals surface area contributed by atoms with Crippen molar-refractivity contribution in [1.82, 2.24) is 10.2 Å². The van der Waals surface area contributed by atoms with Crippen LogP contribution in [0.5, 0.6) is 5.75 Å². The molecule has 1 saturated carbocycles. The smallest absolute Gasteiger partial charge is 0.317 e. The van der Waals surface area contributed by atoms with Gasteiger partial charge in [0.1, 0.15) is 5.75 Å². The second-order valence-corrected chi connectivity index (χ2v) is 5.83. The van der Waals surface area contributed by atoms with Crippen molar-refractivity contribution < 1.29 is 9.53 Å². The normalized spacial score (nSPS) is 21.9. The summed E-state index contributed by atoms with van der Waals surface area (Å²) in [6.45, 7) is 2.53. The van der Waals surface area contributed by atoms with Gasteiger partial charge in [-0.05, 0) is 42.9 Å². The second-order valence-electron chi connectivity index (χ2n) is 5.83. The molecule has 2 fully saturated rings. The summed E-state index contributed by atoms with van der Waals surface area (Å²) in [7, 11) is 1.68. The summed E-state index contributed by atoms with van der Waals surface area (Å²) >= 11 is 0. The lowest BCUT2D eigenvalue weighted by Gasteiger charge is -2.17. The topological polar surface area (TPSA) is 41.6 Å². The van der Waals surface area contributed by atoms with E-state index in [1.54, 1.807) is 7.11 Å². The molecule has 0 bridgehead atoms. The summed E-state index contributed by atoms with van der Waals surface area (Å²) in [6.07, 6.45) is 3.59. The molecule has 0 unspecified atom stereocenters. The Kier molecular flexibility index (Phi) is 3.81. The van der Waals surface area contributed by atoms with Gasteiger partial charge < -0.3 is 15.0 Å². The number of benzene rings is 1. The van der Waals surface area contributed by atoms with E-state index in [0.717, 1.165) is 37.7 Å². The van der Waals surface area contributed by atoms with Gasteiger partial charge in [0.2, 0.25) is 0 Å². The lowest BCUT2D eigenvalue weighted by molar-refractivity contribution is 0.208. The molecule has 2 amide bonds. The van der Waals surface area contributed by atoms with Crippen molar-refractivity contribution in [2.24, 2.45) is 5.92 Å². The summed E-state index contributed by atoms with van der Waals surface area (Å²) in [4.78, 5) is 14.0. The fraction of sp³-hybridized carbons (Fsp3) is 0.562. The van der Waals surface area contributed by atoms with Gasteiger partial charge in [-0.1, -0.05) is 12.1 Å². The molecule has 0 aromatic heterocycles. The van der Waals surface area contributed by atoms with E-state index in [0.29, 0.717) is 5.92 Å². The number of hydrogen-bond donors (Lipinski definition) is 1. The average Bonchev–Trinajstić information content (AvgIpc) is 3.19.